The van der Waals surface area contributed by atoms with Gasteiger partial charge in [-0.05, 0) is 45.4 Å². The number of carbonyl (C=O) groups is 2. The summed E-state index contributed by atoms with van der Waals surface area (Å²) >= 11 is 0. The van der Waals surface area contributed by atoms with E-state index in [9.17, 15) is 14.7 Å². The molecule has 0 heterocycles. The quantitative estimate of drug-likeness (QED) is 0.174. The standard InChI is InChI=1S/C23H39NO4/c1-5-6-7-8-9-10-11-12-13-14-15-16-17-18-23(27)28-21(19-22(25)26)20-24(2,3)4/h5-6,8-9,12-13,21H,7,10-11,14-20H2,1-4H3/b6-5+,9-8+,13-12+. The Morgan fingerprint density at radius 1 is 0.929 bits per heavy atom. The van der Waals surface area contributed by atoms with Gasteiger partial charge in [0.25, 0.3) is 0 Å². The number of esters is 1. The van der Waals surface area contributed by atoms with Crippen LogP contribution in [0.15, 0.2) is 36.5 Å². The number of unbranched alkanes of at least 4 members (excludes halogenated alkanes) is 4. The molecular formula is C23H39NO4. The molecule has 0 N–H and O–H groups in total. The molecule has 5 nitrogen and oxygen atoms in total. The normalized spacial score (nSPS) is 13.6. The Kier molecular flexibility index (Phi) is 15.0. The number of allylic oxidation sites excluding steroid dienone is 6. The maximum absolute atomic E-state index is 12.0. The Balaban J connectivity index is 3.83. The van der Waals surface area contributed by atoms with Gasteiger partial charge >= 0.3 is 5.97 Å². The number of rotatable bonds is 16. The molecule has 160 valence electrons. The molecule has 0 aromatic rings. The molecule has 0 spiro atoms. The van der Waals surface area contributed by atoms with Crippen LogP contribution in [-0.2, 0) is 14.3 Å². The van der Waals surface area contributed by atoms with Crippen molar-refractivity contribution in [1.82, 2.24) is 0 Å². The van der Waals surface area contributed by atoms with E-state index in [1.54, 1.807) is 0 Å². The van der Waals surface area contributed by atoms with E-state index in [4.69, 9.17) is 4.74 Å². The number of carboxylic acids is 1. The molecule has 0 radical (unpaired) electrons. The molecule has 0 amide bonds. The van der Waals surface area contributed by atoms with Crippen LogP contribution < -0.4 is 5.11 Å². The zero-order valence-corrected chi connectivity index (χ0v) is 18.2. The van der Waals surface area contributed by atoms with Crippen LogP contribution in [0.2, 0.25) is 0 Å². The van der Waals surface area contributed by atoms with Crippen molar-refractivity contribution in [2.45, 2.75) is 70.8 Å². The average Bonchev–Trinajstić information content (AvgIpc) is 2.56. The van der Waals surface area contributed by atoms with Crippen molar-refractivity contribution in [2.75, 3.05) is 27.7 Å². The minimum Gasteiger partial charge on any atom is -0.550 e. The molecule has 28 heavy (non-hydrogen) atoms. The summed E-state index contributed by atoms with van der Waals surface area (Å²) in [5.41, 5.74) is 0. The van der Waals surface area contributed by atoms with E-state index in [0.29, 0.717) is 17.4 Å². The summed E-state index contributed by atoms with van der Waals surface area (Å²) in [5.74, 6) is -1.51. The Labute approximate surface area is 171 Å². The van der Waals surface area contributed by atoms with Gasteiger partial charge in [-0.1, -0.05) is 42.9 Å². The molecule has 0 aromatic carbocycles. The number of nitrogens with zero attached hydrogens (tertiary/aromatic N) is 1. The second-order valence-corrected chi connectivity index (χ2v) is 8.09. The van der Waals surface area contributed by atoms with Crippen molar-refractivity contribution in [3.63, 3.8) is 0 Å². The van der Waals surface area contributed by atoms with Crippen molar-refractivity contribution in [3.05, 3.63) is 36.5 Å². The Hall–Kier alpha value is -1.88. The summed E-state index contributed by atoms with van der Waals surface area (Å²) in [6, 6.07) is 0. The number of carbonyl (C=O) groups excluding carboxylic acids is 2. The third-order valence-corrected chi connectivity index (χ3v) is 4.04. The maximum atomic E-state index is 12.0. The van der Waals surface area contributed by atoms with Gasteiger partial charge in [-0.25, -0.2) is 0 Å². The predicted octanol–water partition coefficient (Wildman–Crippen LogP) is 3.55. The molecule has 0 saturated heterocycles. The first kappa shape index (κ1) is 26.1. The number of likely N-dealkylation sites (N-methyl/N-ethyl adjacent to an activating group) is 1. The van der Waals surface area contributed by atoms with E-state index in [-0.39, 0.29) is 12.4 Å². The van der Waals surface area contributed by atoms with Gasteiger partial charge in [-0.3, -0.25) is 4.79 Å². The zero-order valence-electron chi connectivity index (χ0n) is 18.2. The first-order chi connectivity index (χ1) is 13.2. The molecule has 0 saturated carbocycles. The van der Waals surface area contributed by atoms with Gasteiger partial charge < -0.3 is 19.1 Å². The topological polar surface area (TPSA) is 66.4 Å². The van der Waals surface area contributed by atoms with Gasteiger partial charge in [0.15, 0.2) is 6.10 Å². The van der Waals surface area contributed by atoms with Gasteiger partial charge in [-0.15, -0.1) is 0 Å². The maximum Gasteiger partial charge on any atom is 0.306 e. The lowest BCUT2D eigenvalue weighted by atomic mass is 10.1. The fourth-order valence-electron chi connectivity index (χ4n) is 2.75. The number of carboxylic acid groups (broad SMARTS) is 1. The van der Waals surface area contributed by atoms with Crippen LogP contribution in [0.3, 0.4) is 0 Å². The van der Waals surface area contributed by atoms with Crippen LogP contribution in [-0.4, -0.2) is 50.2 Å². The van der Waals surface area contributed by atoms with E-state index in [1.807, 2.05) is 28.1 Å². The predicted molar refractivity (Wildman–Crippen MR) is 112 cm³/mol. The van der Waals surface area contributed by atoms with Gasteiger partial charge in [0.1, 0.15) is 6.54 Å². The number of aliphatic carboxylic acids is 1. The summed E-state index contributed by atoms with van der Waals surface area (Å²) in [4.78, 5) is 22.8. The first-order valence-electron chi connectivity index (χ1n) is 10.4. The number of ether oxygens (including phenoxy) is 1. The van der Waals surface area contributed by atoms with E-state index in [1.165, 1.54) is 0 Å². The molecule has 0 fully saturated rings. The third-order valence-electron chi connectivity index (χ3n) is 4.04. The van der Waals surface area contributed by atoms with E-state index in [2.05, 4.69) is 36.5 Å². The monoisotopic (exact) mass is 393 g/mol. The second kappa shape index (κ2) is 16.1. The van der Waals surface area contributed by atoms with Crippen molar-refractivity contribution in [2.24, 2.45) is 0 Å². The largest absolute Gasteiger partial charge is 0.550 e. The highest BCUT2D eigenvalue weighted by atomic mass is 16.5. The summed E-state index contributed by atoms with van der Waals surface area (Å²) in [6.07, 6.45) is 19.4. The van der Waals surface area contributed by atoms with Crippen molar-refractivity contribution < 1.29 is 23.9 Å². The number of hydrogen-bond donors (Lipinski definition) is 0. The molecule has 0 aromatic heterocycles. The lowest BCUT2D eigenvalue weighted by Crippen LogP contribution is -2.45. The van der Waals surface area contributed by atoms with Gasteiger partial charge in [0.2, 0.25) is 0 Å². The summed E-state index contributed by atoms with van der Waals surface area (Å²) in [6.45, 7) is 2.48. The third kappa shape index (κ3) is 18.9. The highest BCUT2D eigenvalue weighted by molar-refractivity contribution is 5.70. The van der Waals surface area contributed by atoms with E-state index in [0.717, 1.165) is 44.9 Å². The summed E-state index contributed by atoms with van der Waals surface area (Å²) in [5, 5.41) is 10.8. The lowest BCUT2D eigenvalue weighted by molar-refractivity contribution is -0.873. The molecule has 1 atom stereocenters. The molecule has 0 aliphatic carbocycles. The number of hydrogen-bond acceptors (Lipinski definition) is 4. The zero-order chi connectivity index (χ0) is 21.3. The Morgan fingerprint density at radius 2 is 1.57 bits per heavy atom. The number of quaternary nitrogens is 1. The molecule has 5 heteroatoms. The van der Waals surface area contributed by atoms with Crippen LogP contribution in [0.5, 0.6) is 0 Å². The van der Waals surface area contributed by atoms with Crippen molar-refractivity contribution >= 4 is 11.9 Å². The average molecular weight is 394 g/mol. The summed E-state index contributed by atoms with van der Waals surface area (Å²) in [7, 11) is 5.80. The SMILES string of the molecule is C/C=C/C/C=C/CC/C=C/CCCCCC(=O)OC(CC(=O)[O-])C[N+](C)(C)C. The van der Waals surface area contributed by atoms with Crippen LogP contribution >= 0.6 is 0 Å². The molecule has 1 unspecified atom stereocenters. The van der Waals surface area contributed by atoms with Gasteiger partial charge in [0.05, 0.1) is 21.1 Å². The highest BCUT2D eigenvalue weighted by Gasteiger charge is 2.22. The molecule has 0 rings (SSSR count). The van der Waals surface area contributed by atoms with E-state index >= 15 is 0 Å². The van der Waals surface area contributed by atoms with Crippen LogP contribution in [0.1, 0.15) is 64.7 Å². The molecule has 0 bridgehead atoms. The van der Waals surface area contributed by atoms with Crippen LogP contribution in [0.4, 0.5) is 0 Å². The van der Waals surface area contributed by atoms with Gasteiger partial charge in [-0.2, -0.15) is 0 Å². The first-order valence-corrected chi connectivity index (χ1v) is 10.4. The Bertz CT molecular complexity index is 515. The van der Waals surface area contributed by atoms with Crippen molar-refractivity contribution in [3.8, 4) is 0 Å². The van der Waals surface area contributed by atoms with Gasteiger partial charge in [0, 0.05) is 18.8 Å². The molecular weight excluding hydrogens is 354 g/mol. The second-order valence-electron chi connectivity index (χ2n) is 8.09. The fraction of sp³-hybridized carbons (Fsp3) is 0.652. The Morgan fingerprint density at radius 3 is 2.18 bits per heavy atom. The highest BCUT2D eigenvalue weighted by Crippen LogP contribution is 2.09. The smallest absolute Gasteiger partial charge is 0.306 e. The molecule has 0 aliphatic heterocycles. The minimum atomic E-state index is -1.19. The van der Waals surface area contributed by atoms with Crippen LogP contribution in [0, 0.1) is 0 Å². The fourth-order valence-corrected chi connectivity index (χ4v) is 2.75. The van der Waals surface area contributed by atoms with E-state index < -0.39 is 12.1 Å². The minimum absolute atomic E-state index is 0.253. The summed E-state index contributed by atoms with van der Waals surface area (Å²) < 4.78 is 5.88. The lowest BCUT2D eigenvalue weighted by Gasteiger charge is -2.29. The molecule has 0 aliphatic rings. The van der Waals surface area contributed by atoms with Crippen LogP contribution in [0.25, 0.3) is 0 Å². The van der Waals surface area contributed by atoms with Crippen molar-refractivity contribution in [1.29, 1.82) is 0 Å².